The van der Waals surface area contributed by atoms with E-state index in [-0.39, 0.29) is 24.3 Å². The molecule has 1 unspecified atom stereocenters. The Kier molecular flexibility index (Phi) is 7.70. The van der Waals surface area contributed by atoms with Gasteiger partial charge in [0.1, 0.15) is 18.1 Å². The highest BCUT2D eigenvalue weighted by atomic mass is 16.5. The first kappa shape index (κ1) is 22.7. The van der Waals surface area contributed by atoms with Crippen molar-refractivity contribution in [2.45, 2.75) is 19.9 Å². The van der Waals surface area contributed by atoms with Crippen molar-refractivity contribution in [2.75, 3.05) is 13.7 Å². The van der Waals surface area contributed by atoms with E-state index in [1.807, 2.05) is 31.2 Å². The Morgan fingerprint density at radius 1 is 1.03 bits per heavy atom. The largest absolute Gasteiger partial charge is 0.493 e. The maximum absolute atomic E-state index is 13.0. The standard InChI is InChI=1S/C25H26N2O5/c1-17-9-4-5-11-20(17)24(28)27-21(15-19-10-8-14-31-19)25(29)26-18(2)16-32-23-13-7-6-12-22(23)30-3/h4-15,18H,16H2,1-3H3,(H,26,29)(H,27,28)/b21-15-. The lowest BCUT2D eigenvalue weighted by molar-refractivity contribution is -0.118. The highest BCUT2D eigenvalue weighted by Gasteiger charge is 2.18. The number of rotatable bonds is 9. The van der Waals surface area contributed by atoms with Crippen molar-refractivity contribution in [1.82, 2.24) is 10.6 Å². The maximum Gasteiger partial charge on any atom is 0.268 e. The Labute approximate surface area is 187 Å². The van der Waals surface area contributed by atoms with Gasteiger partial charge in [-0.15, -0.1) is 0 Å². The molecule has 0 radical (unpaired) electrons. The fourth-order valence-electron chi connectivity index (χ4n) is 2.99. The summed E-state index contributed by atoms with van der Waals surface area (Å²) >= 11 is 0. The molecule has 3 rings (SSSR count). The first-order chi connectivity index (χ1) is 15.5. The van der Waals surface area contributed by atoms with Crippen LogP contribution in [0.2, 0.25) is 0 Å². The van der Waals surface area contributed by atoms with Crippen LogP contribution in [-0.2, 0) is 4.79 Å². The van der Waals surface area contributed by atoms with Gasteiger partial charge in [0.05, 0.1) is 19.4 Å². The van der Waals surface area contributed by atoms with Crippen LogP contribution in [0.4, 0.5) is 0 Å². The number of benzene rings is 2. The molecule has 0 fully saturated rings. The van der Waals surface area contributed by atoms with Crippen molar-refractivity contribution >= 4 is 17.9 Å². The molecule has 7 heteroatoms. The van der Waals surface area contributed by atoms with E-state index in [4.69, 9.17) is 13.9 Å². The van der Waals surface area contributed by atoms with Crippen LogP contribution >= 0.6 is 0 Å². The van der Waals surface area contributed by atoms with Crippen molar-refractivity contribution in [3.8, 4) is 11.5 Å². The minimum absolute atomic E-state index is 0.0670. The van der Waals surface area contributed by atoms with Gasteiger partial charge in [-0.25, -0.2) is 0 Å². The van der Waals surface area contributed by atoms with Gasteiger partial charge >= 0.3 is 0 Å². The second kappa shape index (κ2) is 10.9. The normalized spacial score (nSPS) is 12.0. The number of furan rings is 1. The van der Waals surface area contributed by atoms with E-state index in [9.17, 15) is 9.59 Å². The van der Waals surface area contributed by atoms with Gasteiger partial charge in [0, 0.05) is 11.6 Å². The zero-order valence-electron chi connectivity index (χ0n) is 18.3. The predicted molar refractivity (Wildman–Crippen MR) is 121 cm³/mol. The van der Waals surface area contributed by atoms with Crippen LogP contribution in [0.1, 0.15) is 28.6 Å². The molecule has 1 aromatic heterocycles. The Morgan fingerprint density at radius 3 is 2.44 bits per heavy atom. The highest BCUT2D eigenvalue weighted by Crippen LogP contribution is 2.25. The molecular formula is C25H26N2O5. The second-order valence-electron chi connectivity index (χ2n) is 7.18. The van der Waals surface area contributed by atoms with Gasteiger partial charge in [0.25, 0.3) is 11.8 Å². The number of carbonyl (C=O) groups excluding carboxylic acids is 2. The number of nitrogens with one attached hydrogen (secondary N) is 2. The highest BCUT2D eigenvalue weighted by molar-refractivity contribution is 6.05. The summed E-state index contributed by atoms with van der Waals surface area (Å²) < 4.78 is 16.4. The number of amides is 2. The number of aryl methyl sites for hydroxylation is 1. The predicted octanol–water partition coefficient (Wildman–Crippen LogP) is 3.95. The first-order valence-electron chi connectivity index (χ1n) is 10.2. The van der Waals surface area contributed by atoms with Crippen molar-refractivity contribution in [3.63, 3.8) is 0 Å². The second-order valence-corrected chi connectivity index (χ2v) is 7.18. The van der Waals surface area contributed by atoms with Crippen LogP contribution in [0.15, 0.2) is 77.0 Å². The van der Waals surface area contributed by atoms with Crippen molar-refractivity contribution < 1.29 is 23.5 Å². The van der Waals surface area contributed by atoms with Crippen LogP contribution < -0.4 is 20.1 Å². The van der Waals surface area contributed by atoms with Gasteiger partial charge in [-0.2, -0.15) is 0 Å². The fraction of sp³-hybridized carbons (Fsp3) is 0.200. The summed E-state index contributed by atoms with van der Waals surface area (Å²) in [6, 6.07) is 17.5. The van der Waals surface area contributed by atoms with Crippen LogP contribution in [0.5, 0.6) is 11.5 Å². The van der Waals surface area contributed by atoms with Crippen molar-refractivity contribution in [3.05, 3.63) is 89.5 Å². The Balaban J connectivity index is 1.70. The minimum Gasteiger partial charge on any atom is -0.493 e. The van der Waals surface area contributed by atoms with Crippen LogP contribution in [0.3, 0.4) is 0 Å². The van der Waals surface area contributed by atoms with Gasteiger partial charge in [-0.1, -0.05) is 30.3 Å². The average Bonchev–Trinajstić information content (AvgIpc) is 3.30. The van der Waals surface area contributed by atoms with Crippen molar-refractivity contribution in [2.24, 2.45) is 0 Å². The molecule has 2 N–H and O–H groups in total. The summed E-state index contributed by atoms with van der Waals surface area (Å²) in [7, 11) is 1.57. The quantitative estimate of drug-likeness (QED) is 0.498. The van der Waals surface area contributed by atoms with E-state index in [0.717, 1.165) is 5.56 Å². The monoisotopic (exact) mass is 434 g/mol. The molecule has 0 saturated heterocycles. The first-order valence-corrected chi connectivity index (χ1v) is 10.2. The molecule has 7 nitrogen and oxygen atoms in total. The maximum atomic E-state index is 13.0. The fourth-order valence-corrected chi connectivity index (χ4v) is 2.99. The number of ether oxygens (including phenoxy) is 2. The van der Waals surface area contributed by atoms with E-state index < -0.39 is 5.91 Å². The van der Waals surface area contributed by atoms with Crippen LogP contribution in [-0.4, -0.2) is 31.6 Å². The lowest BCUT2D eigenvalue weighted by Crippen LogP contribution is -2.41. The molecule has 0 aliphatic heterocycles. The Morgan fingerprint density at radius 2 is 1.75 bits per heavy atom. The van der Waals surface area contributed by atoms with Gasteiger partial charge in [0.2, 0.25) is 0 Å². The molecule has 1 atom stereocenters. The number of para-hydroxylation sites is 2. The molecule has 0 bridgehead atoms. The molecule has 0 aliphatic carbocycles. The number of hydrogen-bond donors (Lipinski definition) is 2. The number of carbonyl (C=O) groups is 2. The summed E-state index contributed by atoms with van der Waals surface area (Å²) in [6.07, 6.45) is 2.98. The Bertz CT molecular complexity index is 1090. The van der Waals surface area contributed by atoms with E-state index in [0.29, 0.717) is 22.8 Å². The molecule has 32 heavy (non-hydrogen) atoms. The van der Waals surface area contributed by atoms with Gasteiger partial charge in [-0.3, -0.25) is 9.59 Å². The molecular weight excluding hydrogens is 408 g/mol. The zero-order chi connectivity index (χ0) is 22.9. The van der Waals surface area contributed by atoms with Crippen LogP contribution in [0, 0.1) is 6.92 Å². The molecule has 166 valence electrons. The lowest BCUT2D eigenvalue weighted by atomic mass is 10.1. The smallest absolute Gasteiger partial charge is 0.268 e. The Hall–Kier alpha value is -4.00. The van der Waals surface area contributed by atoms with E-state index in [1.165, 1.54) is 12.3 Å². The molecule has 2 amide bonds. The molecule has 0 aliphatic rings. The topological polar surface area (TPSA) is 89.8 Å². The van der Waals surface area contributed by atoms with Crippen LogP contribution in [0.25, 0.3) is 6.08 Å². The van der Waals surface area contributed by atoms with E-state index in [2.05, 4.69) is 10.6 Å². The molecule has 0 saturated carbocycles. The number of hydrogen-bond acceptors (Lipinski definition) is 5. The summed E-state index contributed by atoms with van der Waals surface area (Å²) in [5.74, 6) is 0.789. The van der Waals surface area contributed by atoms with Gasteiger partial charge in [-0.05, 0) is 49.7 Å². The van der Waals surface area contributed by atoms with Gasteiger partial charge < -0.3 is 24.5 Å². The molecule has 3 aromatic rings. The summed E-state index contributed by atoms with van der Waals surface area (Å²) in [5, 5.41) is 5.54. The van der Waals surface area contributed by atoms with E-state index >= 15 is 0 Å². The molecule has 2 aromatic carbocycles. The zero-order valence-corrected chi connectivity index (χ0v) is 18.3. The minimum atomic E-state index is -0.459. The lowest BCUT2D eigenvalue weighted by Gasteiger charge is -2.18. The number of methoxy groups -OCH3 is 1. The summed E-state index contributed by atoms with van der Waals surface area (Å²) in [4.78, 5) is 25.7. The average molecular weight is 434 g/mol. The molecule has 0 spiro atoms. The molecule has 1 heterocycles. The third-order valence-electron chi connectivity index (χ3n) is 4.65. The SMILES string of the molecule is COc1ccccc1OCC(C)NC(=O)/C(=C/c1ccco1)NC(=O)c1ccccc1C. The third-order valence-corrected chi connectivity index (χ3v) is 4.65. The van der Waals surface area contributed by atoms with Gasteiger partial charge in [0.15, 0.2) is 11.5 Å². The van der Waals surface area contributed by atoms with E-state index in [1.54, 1.807) is 50.4 Å². The summed E-state index contributed by atoms with van der Waals surface area (Å²) in [5.41, 5.74) is 1.36. The third kappa shape index (κ3) is 6.01. The van der Waals surface area contributed by atoms with Crippen molar-refractivity contribution in [1.29, 1.82) is 0 Å². The summed E-state index contributed by atoms with van der Waals surface area (Å²) in [6.45, 7) is 3.86.